The van der Waals surface area contributed by atoms with E-state index < -0.39 is 0 Å². The highest BCUT2D eigenvalue weighted by Crippen LogP contribution is 2.50. The van der Waals surface area contributed by atoms with Crippen LogP contribution in [-0.2, 0) is 6.42 Å². The molecule has 1 aromatic heterocycles. The topological polar surface area (TPSA) is 26.0 Å². The number of benzene rings is 1. The van der Waals surface area contributed by atoms with Crippen LogP contribution in [0.15, 0.2) is 29.6 Å². The summed E-state index contributed by atoms with van der Waals surface area (Å²) in [6.07, 6.45) is 4.51. The van der Waals surface area contributed by atoms with Crippen molar-refractivity contribution >= 4 is 21.4 Å². The van der Waals surface area contributed by atoms with Gasteiger partial charge in [0.2, 0.25) is 0 Å². The zero-order valence-electron chi connectivity index (χ0n) is 13.7. The first-order valence-electron chi connectivity index (χ1n) is 7.92. The SMILES string of the molecule is CC1(C)CC(C)(C)CC(N)(Cc2csc3ccccc23)C1. The van der Waals surface area contributed by atoms with Crippen molar-refractivity contribution in [1.82, 2.24) is 0 Å². The Morgan fingerprint density at radius 2 is 1.62 bits per heavy atom. The van der Waals surface area contributed by atoms with Crippen LogP contribution >= 0.6 is 11.3 Å². The molecule has 0 aliphatic heterocycles. The summed E-state index contributed by atoms with van der Waals surface area (Å²) >= 11 is 1.85. The van der Waals surface area contributed by atoms with Gasteiger partial charge in [-0.15, -0.1) is 11.3 Å². The van der Waals surface area contributed by atoms with E-state index in [1.54, 1.807) is 0 Å². The fourth-order valence-electron chi connectivity index (χ4n) is 5.06. The zero-order valence-corrected chi connectivity index (χ0v) is 14.5. The van der Waals surface area contributed by atoms with Gasteiger partial charge in [-0.3, -0.25) is 0 Å². The lowest BCUT2D eigenvalue weighted by Gasteiger charge is -2.50. The number of hydrogen-bond acceptors (Lipinski definition) is 2. The van der Waals surface area contributed by atoms with Crippen LogP contribution in [0.4, 0.5) is 0 Å². The van der Waals surface area contributed by atoms with Gasteiger partial charge in [0, 0.05) is 10.2 Å². The van der Waals surface area contributed by atoms with E-state index in [0.29, 0.717) is 10.8 Å². The second kappa shape index (κ2) is 4.82. The molecule has 0 atom stereocenters. The minimum atomic E-state index is -0.0743. The lowest BCUT2D eigenvalue weighted by Crippen LogP contribution is -2.53. The maximum atomic E-state index is 6.90. The van der Waals surface area contributed by atoms with Crippen LogP contribution in [0.3, 0.4) is 0 Å². The molecule has 2 aromatic rings. The van der Waals surface area contributed by atoms with Gasteiger partial charge in [0.1, 0.15) is 0 Å². The Labute approximate surface area is 132 Å². The van der Waals surface area contributed by atoms with Gasteiger partial charge in [-0.25, -0.2) is 0 Å². The quantitative estimate of drug-likeness (QED) is 0.792. The largest absolute Gasteiger partial charge is 0.325 e. The molecule has 114 valence electrons. The first-order valence-corrected chi connectivity index (χ1v) is 8.80. The maximum Gasteiger partial charge on any atom is 0.0345 e. The fourth-order valence-corrected chi connectivity index (χ4v) is 6.03. The highest BCUT2D eigenvalue weighted by molar-refractivity contribution is 7.17. The molecule has 0 unspecified atom stereocenters. The molecular weight excluding hydrogens is 274 g/mol. The average Bonchev–Trinajstić information content (AvgIpc) is 2.67. The summed E-state index contributed by atoms with van der Waals surface area (Å²) in [5, 5.41) is 3.71. The van der Waals surface area contributed by atoms with Gasteiger partial charge < -0.3 is 5.73 Å². The van der Waals surface area contributed by atoms with Gasteiger partial charge in [-0.2, -0.15) is 0 Å². The van der Waals surface area contributed by atoms with E-state index in [1.807, 2.05) is 11.3 Å². The van der Waals surface area contributed by atoms with E-state index in [0.717, 1.165) is 19.3 Å². The van der Waals surface area contributed by atoms with E-state index in [-0.39, 0.29) is 5.54 Å². The van der Waals surface area contributed by atoms with Crippen molar-refractivity contribution in [3.8, 4) is 0 Å². The molecule has 0 bridgehead atoms. The minimum absolute atomic E-state index is 0.0743. The summed E-state index contributed by atoms with van der Waals surface area (Å²) < 4.78 is 1.38. The molecular formula is C19H27NS. The van der Waals surface area contributed by atoms with Crippen molar-refractivity contribution in [2.24, 2.45) is 16.6 Å². The fraction of sp³-hybridized carbons (Fsp3) is 0.579. The second-order valence-electron chi connectivity index (χ2n) is 8.66. The van der Waals surface area contributed by atoms with Crippen molar-refractivity contribution < 1.29 is 0 Å². The van der Waals surface area contributed by atoms with Crippen molar-refractivity contribution in [3.05, 3.63) is 35.2 Å². The van der Waals surface area contributed by atoms with E-state index in [9.17, 15) is 0 Å². The van der Waals surface area contributed by atoms with Crippen LogP contribution < -0.4 is 5.73 Å². The van der Waals surface area contributed by atoms with Crippen molar-refractivity contribution in [2.45, 2.75) is 58.9 Å². The minimum Gasteiger partial charge on any atom is -0.325 e. The zero-order chi connectivity index (χ0) is 15.3. The molecule has 2 N–H and O–H groups in total. The number of fused-ring (bicyclic) bond motifs is 1. The standard InChI is InChI=1S/C19H27NS/c1-17(2)11-18(3,4)13-19(20,12-17)9-14-10-21-16-8-6-5-7-15(14)16/h5-8,10H,9,11-13,20H2,1-4H3. The molecule has 0 saturated heterocycles. The molecule has 2 heteroatoms. The maximum absolute atomic E-state index is 6.90. The van der Waals surface area contributed by atoms with Crippen LogP contribution in [-0.4, -0.2) is 5.54 Å². The van der Waals surface area contributed by atoms with Crippen LogP contribution in [0, 0.1) is 10.8 Å². The van der Waals surface area contributed by atoms with Crippen molar-refractivity contribution in [2.75, 3.05) is 0 Å². The Morgan fingerprint density at radius 3 is 2.29 bits per heavy atom. The lowest BCUT2D eigenvalue weighted by atomic mass is 9.57. The molecule has 3 rings (SSSR count). The Bertz CT molecular complexity index is 634. The Kier molecular flexibility index (Phi) is 3.46. The Morgan fingerprint density at radius 1 is 1.00 bits per heavy atom. The highest BCUT2D eigenvalue weighted by Gasteiger charge is 2.45. The third-order valence-corrected chi connectivity index (χ3v) is 5.73. The summed E-state index contributed by atoms with van der Waals surface area (Å²) in [6.45, 7) is 9.50. The van der Waals surface area contributed by atoms with Gasteiger partial charge in [0.15, 0.2) is 0 Å². The van der Waals surface area contributed by atoms with Gasteiger partial charge in [0.05, 0.1) is 0 Å². The average molecular weight is 301 g/mol. The molecule has 1 fully saturated rings. The van der Waals surface area contributed by atoms with Gasteiger partial charge in [-0.1, -0.05) is 45.9 Å². The van der Waals surface area contributed by atoms with Crippen molar-refractivity contribution in [1.29, 1.82) is 0 Å². The molecule has 1 saturated carbocycles. The molecule has 1 nitrogen and oxygen atoms in total. The molecule has 0 spiro atoms. The molecule has 1 aliphatic carbocycles. The molecule has 1 aromatic carbocycles. The van der Waals surface area contributed by atoms with E-state index >= 15 is 0 Å². The summed E-state index contributed by atoms with van der Waals surface area (Å²) in [6, 6.07) is 8.70. The van der Waals surface area contributed by atoms with E-state index in [1.165, 1.54) is 22.1 Å². The third kappa shape index (κ3) is 3.17. The van der Waals surface area contributed by atoms with Gasteiger partial charge in [0.25, 0.3) is 0 Å². The summed E-state index contributed by atoms with van der Waals surface area (Å²) in [4.78, 5) is 0. The van der Waals surface area contributed by atoms with Crippen LogP contribution in [0.5, 0.6) is 0 Å². The highest BCUT2D eigenvalue weighted by atomic mass is 32.1. The Hall–Kier alpha value is -0.860. The molecule has 21 heavy (non-hydrogen) atoms. The number of nitrogens with two attached hydrogens (primary N) is 1. The smallest absolute Gasteiger partial charge is 0.0345 e. The summed E-state index contributed by atoms with van der Waals surface area (Å²) in [7, 11) is 0. The molecule has 1 aliphatic rings. The molecule has 1 heterocycles. The first-order chi connectivity index (χ1) is 9.68. The third-order valence-electron chi connectivity index (χ3n) is 4.72. The predicted octanol–water partition coefficient (Wildman–Crippen LogP) is 5.38. The van der Waals surface area contributed by atoms with E-state index in [4.69, 9.17) is 5.73 Å². The van der Waals surface area contributed by atoms with Gasteiger partial charge >= 0.3 is 0 Å². The lowest BCUT2D eigenvalue weighted by molar-refractivity contribution is 0.0489. The second-order valence-corrected chi connectivity index (χ2v) is 9.57. The summed E-state index contributed by atoms with van der Waals surface area (Å²) in [5.41, 5.74) is 8.93. The summed E-state index contributed by atoms with van der Waals surface area (Å²) in [5.74, 6) is 0. The monoisotopic (exact) mass is 301 g/mol. The number of thiophene rings is 1. The number of hydrogen-bond donors (Lipinski definition) is 1. The Balaban J connectivity index is 1.92. The van der Waals surface area contributed by atoms with Crippen molar-refractivity contribution in [3.63, 3.8) is 0 Å². The van der Waals surface area contributed by atoms with Crippen LogP contribution in [0.1, 0.15) is 52.5 Å². The number of rotatable bonds is 2. The van der Waals surface area contributed by atoms with Crippen LogP contribution in [0.2, 0.25) is 0 Å². The van der Waals surface area contributed by atoms with Crippen LogP contribution in [0.25, 0.3) is 10.1 Å². The van der Waals surface area contributed by atoms with Gasteiger partial charge in [-0.05, 0) is 58.9 Å². The first kappa shape index (κ1) is 15.1. The molecule has 0 amide bonds. The molecule has 0 radical (unpaired) electrons. The predicted molar refractivity (Wildman–Crippen MR) is 93.9 cm³/mol. The van der Waals surface area contributed by atoms with E-state index in [2.05, 4.69) is 57.3 Å². The normalized spacial score (nSPS) is 23.3.